The first-order chi connectivity index (χ1) is 33.1. The summed E-state index contributed by atoms with van der Waals surface area (Å²) in [7, 11) is 0.492. The Kier molecular flexibility index (Phi) is 15.7. The van der Waals surface area contributed by atoms with Gasteiger partial charge in [0.25, 0.3) is 5.56 Å². The number of anilines is 6. The van der Waals surface area contributed by atoms with Crippen LogP contribution in [0, 0.1) is 17.6 Å². The van der Waals surface area contributed by atoms with Crippen molar-refractivity contribution in [3.63, 3.8) is 0 Å². The van der Waals surface area contributed by atoms with Crippen molar-refractivity contribution in [1.82, 2.24) is 30.5 Å². The number of nitrogens with zero attached hydrogens (tertiary/aromatic N) is 5. The average Bonchev–Trinajstić information content (AvgIpc) is 3.32. The first-order valence-electron chi connectivity index (χ1n) is 23.8. The number of amides is 2. The van der Waals surface area contributed by atoms with Crippen molar-refractivity contribution in [2.45, 2.75) is 70.3 Å². The molecule has 19 heteroatoms. The van der Waals surface area contributed by atoms with Gasteiger partial charge in [-0.15, -0.1) is 0 Å². The molecule has 5 heterocycles. The molecule has 0 aliphatic carbocycles. The Balaban J connectivity index is 0.792. The van der Waals surface area contributed by atoms with Crippen LogP contribution >= 0.6 is 23.1 Å². The normalized spacial score (nSPS) is 17.4. The van der Waals surface area contributed by atoms with Gasteiger partial charge < -0.3 is 44.9 Å². The van der Waals surface area contributed by atoms with Crippen molar-refractivity contribution in [3.05, 3.63) is 92.4 Å². The maximum Gasteiger partial charge on any atom is 0.258 e. The van der Waals surface area contributed by atoms with Crippen molar-refractivity contribution in [1.29, 1.82) is 0 Å². The number of benzene rings is 3. The molecule has 2 aromatic heterocycles. The number of nitrogens with one attached hydrogen (secondary N) is 5. The number of hydrogen-bond acceptors (Lipinski definition) is 13. The highest BCUT2D eigenvalue weighted by atomic mass is 79.9. The Labute approximate surface area is 410 Å². The van der Waals surface area contributed by atoms with Crippen molar-refractivity contribution >= 4 is 85.5 Å². The minimum atomic E-state index is -2.86. The second kappa shape index (κ2) is 21.7. The highest BCUT2D eigenvalue weighted by Gasteiger charge is 2.33. The SMILES string of the molecule is CCc1cc(Nc2ncc(Br)c(Nc3ccc4c(=O)n(C)ccc4c3P(C)(C)=O)n2)c(OC)cc1N1CCC(NCCNCCC2CCN(c3cc(F)c(C4CCC(=O)NC4=O)c(F)c3)CC2)CC1. The monoisotopic (exact) mass is 1030 g/mol. The molecule has 5 N–H and O–H groups in total. The van der Waals surface area contributed by atoms with E-state index in [1.165, 1.54) is 22.3 Å². The lowest BCUT2D eigenvalue weighted by Gasteiger charge is -2.35. The molecule has 3 fully saturated rings. The van der Waals surface area contributed by atoms with Crippen LogP contribution in [0.1, 0.15) is 68.9 Å². The van der Waals surface area contributed by atoms with Gasteiger partial charge in [-0.1, -0.05) is 6.92 Å². The highest BCUT2D eigenvalue weighted by Crippen LogP contribution is 2.42. The van der Waals surface area contributed by atoms with Crippen molar-refractivity contribution < 1.29 is 27.7 Å². The minimum absolute atomic E-state index is 0.0633. The number of hydrogen-bond donors (Lipinski definition) is 5. The van der Waals surface area contributed by atoms with Crippen LogP contribution in [0.25, 0.3) is 10.8 Å². The number of ether oxygens (including phenoxy) is 1. The van der Waals surface area contributed by atoms with Crippen LogP contribution in [0.15, 0.2) is 64.1 Å². The van der Waals surface area contributed by atoms with Gasteiger partial charge in [0.1, 0.15) is 30.3 Å². The van der Waals surface area contributed by atoms with Gasteiger partial charge in [-0.3, -0.25) is 19.7 Å². The number of carbonyl (C=O) groups is 2. The topological polar surface area (TPSA) is 175 Å². The average molecular weight is 1030 g/mol. The number of carbonyl (C=O) groups excluding carboxylic acids is 2. The van der Waals surface area contributed by atoms with Gasteiger partial charge in [0.15, 0.2) is 0 Å². The second-order valence-corrected chi connectivity index (χ2v) is 22.7. The smallest absolute Gasteiger partial charge is 0.258 e. The molecule has 0 radical (unpaired) electrons. The Morgan fingerprint density at radius 1 is 0.884 bits per heavy atom. The fourth-order valence-corrected chi connectivity index (χ4v) is 11.7. The predicted octanol–water partition coefficient (Wildman–Crippen LogP) is 7.65. The maximum absolute atomic E-state index is 15.1. The van der Waals surface area contributed by atoms with Gasteiger partial charge in [-0.2, -0.15) is 4.98 Å². The summed E-state index contributed by atoms with van der Waals surface area (Å²) in [6, 6.07) is 12.6. The number of methoxy groups -OCH3 is 1. The summed E-state index contributed by atoms with van der Waals surface area (Å²) < 4.78 is 52.0. The molecule has 15 nitrogen and oxygen atoms in total. The minimum Gasteiger partial charge on any atom is -0.494 e. The Bertz CT molecular complexity index is 2800. The number of halogens is 3. The molecular weight excluding hydrogens is 969 g/mol. The zero-order valence-electron chi connectivity index (χ0n) is 39.9. The number of fused-ring (bicyclic) bond motifs is 1. The summed E-state index contributed by atoms with van der Waals surface area (Å²) in [5, 5.41) is 18.0. The molecule has 0 bridgehead atoms. The van der Waals surface area contributed by atoms with E-state index >= 15 is 8.78 Å². The van der Waals surface area contributed by atoms with E-state index in [2.05, 4.69) is 71.5 Å². The lowest BCUT2D eigenvalue weighted by atomic mass is 9.89. The van der Waals surface area contributed by atoms with E-state index in [1.54, 1.807) is 52.0 Å². The Hall–Kier alpha value is -5.42. The lowest BCUT2D eigenvalue weighted by Crippen LogP contribution is -2.44. The lowest BCUT2D eigenvalue weighted by molar-refractivity contribution is -0.134. The number of aromatic nitrogens is 3. The summed E-state index contributed by atoms with van der Waals surface area (Å²) in [6.07, 6.45) is 9.26. The molecule has 3 aromatic carbocycles. The fourth-order valence-electron chi connectivity index (χ4n) is 9.96. The van der Waals surface area contributed by atoms with Crippen LogP contribution in [-0.4, -0.2) is 98.6 Å². The molecule has 0 spiro atoms. The molecule has 8 rings (SSSR count). The van der Waals surface area contributed by atoms with Gasteiger partial charge in [0.05, 0.1) is 28.9 Å². The van der Waals surface area contributed by atoms with E-state index in [0.717, 1.165) is 82.6 Å². The van der Waals surface area contributed by atoms with E-state index in [1.807, 2.05) is 11.0 Å². The third-order valence-electron chi connectivity index (χ3n) is 13.7. The summed E-state index contributed by atoms with van der Waals surface area (Å²) in [5.74, 6) is -1.55. The standard InChI is InChI=1S/C50H62BrF2N10O5P/c1-6-31-25-41(58-50-56-29-37(51)47(60-50)57-40-9-7-35-34(46(40)69(4,5)67)16-20-61(2)49(35)66)43(68-3)28-42(31)63-23-14-32(15-24-63)55-19-18-54-17-11-30-12-21-62(22-13-30)33-26-38(52)45(39(53)27-33)36-8-10-44(64)59-48(36)65/h7,9,16,20,25-30,32,36,54-55H,6,8,10-15,17-19,21-24H2,1-5H3,(H,59,64,65)(H2,56,57,58,60). The molecule has 3 aliphatic rings. The van der Waals surface area contributed by atoms with Crippen molar-refractivity contribution in [2.75, 3.05) is 86.7 Å². The molecule has 368 valence electrons. The van der Waals surface area contributed by atoms with Crippen LogP contribution in [0.2, 0.25) is 0 Å². The molecule has 5 aromatic rings. The van der Waals surface area contributed by atoms with E-state index in [9.17, 15) is 18.9 Å². The molecule has 69 heavy (non-hydrogen) atoms. The van der Waals surface area contributed by atoms with Crippen LogP contribution in [0.5, 0.6) is 5.75 Å². The molecule has 1 unspecified atom stereocenters. The number of pyridine rings is 1. The van der Waals surface area contributed by atoms with Crippen LogP contribution in [0.4, 0.5) is 43.3 Å². The molecule has 0 saturated carbocycles. The summed E-state index contributed by atoms with van der Waals surface area (Å²) in [6.45, 7) is 11.4. The van der Waals surface area contributed by atoms with E-state index < -0.39 is 36.5 Å². The third kappa shape index (κ3) is 11.5. The zero-order chi connectivity index (χ0) is 49.0. The van der Waals surface area contributed by atoms with Gasteiger partial charge >= 0.3 is 0 Å². The van der Waals surface area contributed by atoms with E-state index in [-0.39, 0.29) is 24.0 Å². The van der Waals surface area contributed by atoms with Gasteiger partial charge in [0, 0.05) is 110 Å². The van der Waals surface area contributed by atoms with Crippen LogP contribution in [0.3, 0.4) is 0 Å². The van der Waals surface area contributed by atoms with Crippen LogP contribution < -0.4 is 52.0 Å². The molecule has 2 amide bonds. The van der Waals surface area contributed by atoms with Crippen molar-refractivity contribution in [3.8, 4) is 5.75 Å². The Morgan fingerprint density at radius 2 is 1.61 bits per heavy atom. The summed E-state index contributed by atoms with van der Waals surface area (Å²) in [5.41, 5.74) is 3.73. The van der Waals surface area contributed by atoms with E-state index in [0.29, 0.717) is 74.5 Å². The van der Waals surface area contributed by atoms with Gasteiger partial charge in [-0.05, 0) is 129 Å². The van der Waals surface area contributed by atoms with Crippen molar-refractivity contribution in [2.24, 2.45) is 13.0 Å². The number of imide groups is 1. The summed E-state index contributed by atoms with van der Waals surface area (Å²) in [4.78, 5) is 50.5. The number of rotatable bonds is 17. The van der Waals surface area contributed by atoms with Crippen LogP contribution in [-0.2, 0) is 27.6 Å². The molecule has 3 saturated heterocycles. The maximum atomic E-state index is 15.1. The largest absolute Gasteiger partial charge is 0.494 e. The zero-order valence-corrected chi connectivity index (χ0v) is 42.4. The fraction of sp³-hybridized carbons (Fsp3) is 0.460. The number of piperidine rings is 3. The first kappa shape index (κ1) is 50.0. The molecule has 3 aliphatic heterocycles. The predicted molar refractivity (Wildman–Crippen MR) is 274 cm³/mol. The first-order valence-corrected chi connectivity index (χ1v) is 27.2. The highest BCUT2D eigenvalue weighted by molar-refractivity contribution is 9.10. The van der Waals surface area contributed by atoms with Gasteiger partial charge in [0.2, 0.25) is 17.8 Å². The number of aryl methyl sites for hydroxylation is 2. The van der Waals surface area contributed by atoms with E-state index in [4.69, 9.17) is 9.72 Å². The molecule has 1 atom stereocenters. The third-order valence-corrected chi connectivity index (χ3v) is 15.9. The Morgan fingerprint density at radius 3 is 2.29 bits per heavy atom. The second-order valence-electron chi connectivity index (χ2n) is 18.7. The quantitative estimate of drug-likeness (QED) is 0.0350. The molecular formula is C50H62BrF2N10O5P. The van der Waals surface area contributed by atoms with Gasteiger partial charge in [-0.25, -0.2) is 13.8 Å². The summed E-state index contributed by atoms with van der Waals surface area (Å²) >= 11 is 3.58.